The lowest BCUT2D eigenvalue weighted by Crippen LogP contribution is -2.29. The minimum Gasteiger partial charge on any atom is -0.380 e. The van der Waals surface area contributed by atoms with E-state index in [1.807, 2.05) is 18.2 Å². The minimum absolute atomic E-state index is 0.0691. The maximum atomic E-state index is 6.06. The van der Waals surface area contributed by atoms with Gasteiger partial charge >= 0.3 is 0 Å². The summed E-state index contributed by atoms with van der Waals surface area (Å²) >= 11 is 0. The number of rotatable bonds is 8. The lowest BCUT2D eigenvalue weighted by molar-refractivity contribution is 0.126. The number of nitrogens with two attached hydrogens (primary N) is 1. The van der Waals surface area contributed by atoms with Crippen molar-refractivity contribution in [1.29, 1.82) is 0 Å². The number of hydrogen-bond acceptors (Lipinski definition) is 3. The molecule has 1 unspecified atom stereocenters. The van der Waals surface area contributed by atoms with Crippen LogP contribution >= 0.6 is 0 Å². The molecule has 1 aromatic rings. The van der Waals surface area contributed by atoms with Crippen LogP contribution in [0.2, 0.25) is 0 Å². The standard InChI is InChI=1S/C14H22N2O/c15-14(13-4-2-1-3-5-13)10-16-8-9-17-11-12-6-7-12/h1-5,12,14,16H,6-11,15H2. The Labute approximate surface area is 103 Å². The average Bonchev–Trinajstić information content (AvgIpc) is 3.18. The quantitative estimate of drug-likeness (QED) is 0.673. The van der Waals surface area contributed by atoms with Crippen LogP contribution in [0.1, 0.15) is 24.4 Å². The van der Waals surface area contributed by atoms with Crippen LogP contribution in [0.5, 0.6) is 0 Å². The van der Waals surface area contributed by atoms with E-state index in [1.54, 1.807) is 0 Å². The van der Waals surface area contributed by atoms with E-state index in [-0.39, 0.29) is 6.04 Å². The van der Waals surface area contributed by atoms with E-state index in [1.165, 1.54) is 18.4 Å². The highest BCUT2D eigenvalue weighted by Gasteiger charge is 2.20. The van der Waals surface area contributed by atoms with Crippen molar-refractivity contribution >= 4 is 0 Å². The molecule has 0 amide bonds. The molecule has 1 fully saturated rings. The van der Waals surface area contributed by atoms with Gasteiger partial charge < -0.3 is 15.8 Å². The number of hydrogen-bond donors (Lipinski definition) is 2. The molecule has 3 heteroatoms. The van der Waals surface area contributed by atoms with E-state index in [4.69, 9.17) is 10.5 Å². The lowest BCUT2D eigenvalue weighted by Gasteiger charge is -2.13. The predicted octanol–water partition coefficient (Wildman–Crippen LogP) is 1.70. The molecule has 0 spiro atoms. The Hall–Kier alpha value is -0.900. The molecule has 17 heavy (non-hydrogen) atoms. The first-order valence-corrected chi connectivity index (χ1v) is 6.45. The van der Waals surface area contributed by atoms with E-state index in [0.717, 1.165) is 32.2 Å². The monoisotopic (exact) mass is 234 g/mol. The Morgan fingerprint density at radius 2 is 2.06 bits per heavy atom. The first-order valence-electron chi connectivity index (χ1n) is 6.45. The number of ether oxygens (including phenoxy) is 1. The summed E-state index contributed by atoms with van der Waals surface area (Å²) in [6, 6.07) is 10.3. The van der Waals surface area contributed by atoms with Crippen molar-refractivity contribution in [3.63, 3.8) is 0 Å². The highest BCUT2D eigenvalue weighted by Crippen LogP contribution is 2.28. The van der Waals surface area contributed by atoms with Gasteiger partial charge in [0.1, 0.15) is 0 Å². The van der Waals surface area contributed by atoms with Crippen LogP contribution in [0.25, 0.3) is 0 Å². The zero-order chi connectivity index (χ0) is 11.9. The Bertz CT molecular complexity index is 311. The molecule has 1 atom stereocenters. The zero-order valence-corrected chi connectivity index (χ0v) is 10.3. The van der Waals surface area contributed by atoms with Gasteiger partial charge in [-0.15, -0.1) is 0 Å². The first-order chi connectivity index (χ1) is 8.36. The average molecular weight is 234 g/mol. The van der Waals surface area contributed by atoms with Crippen LogP contribution in [0.3, 0.4) is 0 Å². The molecule has 3 nitrogen and oxygen atoms in total. The highest BCUT2D eigenvalue weighted by molar-refractivity contribution is 5.18. The van der Waals surface area contributed by atoms with Crippen molar-refractivity contribution < 1.29 is 4.74 Å². The first kappa shape index (κ1) is 12.6. The fraction of sp³-hybridized carbons (Fsp3) is 0.571. The molecule has 1 aliphatic rings. The van der Waals surface area contributed by atoms with Crippen LogP contribution in [0.15, 0.2) is 30.3 Å². The third-order valence-corrected chi connectivity index (χ3v) is 3.07. The van der Waals surface area contributed by atoms with Gasteiger partial charge in [0, 0.05) is 25.7 Å². The Kier molecular flexibility index (Phi) is 4.98. The van der Waals surface area contributed by atoms with Gasteiger partial charge in [0.05, 0.1) is 6.61 Å². The summed E-state index contributed by atoms with van der Waals surface area (Å²) in [6.07, 6.45) is 2.71. The molecule has 1 aromatic carbocycles. The molecule has 0 bridgehead atoms. The maximum Gasteiger partial charge on any atom is 0.0591 e. The van der Waals surface area contributed by atoms with Crippen molar-refractivity contribution in [3.05, 3.63) is 35.9 Å². The molecule has 2 rings (SSSR count). The zero-order valence-electron chi connectivity index (χ0n) is 10.3. The summed E-state index contributed by atoms with van der Waals surface area (Å²) in [5, 5.41) is 3.33. The lowest BCUT2D eigenvalue weighted by atomic mass is 10.1. The minimum atomic E-state index is 0.0691. The second-order valence-corrected chi connectivity index (χ2v) is 4.74. The van der Waals surface area contributed by atoms with Crippen LogP contribution in [-0.2, 0) is 4.74 Å². The topological polar surface area (TPSA) is 47.3 Å². The van der Waals surface area contributed by atoms with Gasteiger partial charge in [0.15, 0.2) is 0 Å². The van der Waals surface area contributed by atoms with E-state index in [9.17, 15) is 0 Å². The third kappa shape index (κ3) is 4.86. The maximum absolute atomic E-state index is 6.06. The number of benzene rings is 1. The second kappa shape index (κ2) is 6.74. The van der Waals surface area contributed by atoms with Crippen LogP contribution < -0.4 is 11.1 Å². The fourth-order valence-corrected chi connectivity index (χ4v) is 1.75. The summed E-state index contributed by atoms with van der Waals surface area (Å²) in [5.41, 5.74) is 7.24. The SMILES string of the molecule is NC(CNCCOCC1CC1)c1ccccc1. The van der Waals surface area contributed by atoms with E-state index >= 15 is 0 Å². The van der Waals surface area contributed by atoms with Gasteiger partial charge in [-0.1, -0.05) is 30.3 Å². The summed E-state index contributed by atoms with van der Waals surface area (Å²) in [6.45, 7) is 3.41. The molecular formula is C14H22N2O. The largest absolute Gasteiger partial charge is 0.380 e. The molecule has 1 saturated carbocycles. The molecule has 0 aliphatic heterocycles. The highest BCUT2D eigenvalue weighted by atomic mass is 16.5. The van der Waals surface area contributed by atoms with Gasteiger partial charge in [-0.05, 0) is 24.3 Å². The van der Waals surface area contributed by atoms with Crippen LogP contribution in [0, 0.1) is 5.92 Å². The van der Waals surface area contributed by atoms with Crippen molar-refractivity contribution in [1.82, 2.24) is 5.32 Å². The van der Waals surface area contributed by atoms with Crippen molar-refractivity contribution in [2.45, 2.75) is 18.9 Å². The smallest absolute Gasteiger partial charge is 0.0591 e. The van der Waals surface area contributed by atoms with E-state index < -0.39 is 0 Å². The second-order valence-electron chi connectivity index (χ2n) is 4.74. The molecule has 0 heterocycles. The van der Waals surface area contributed by atoms with Crippen molar-refractivity contribution in [3.8, 4) is 0 Å². The molecule has 0 aromatic heterocycles. The Morgan fingerprint density at radius 3 is 2.76 bits per heavy atom. The summed E-state index contributed by atoms with van der Waals surface area (Å²) in [7, 11) is 0. The summed E-state index contributed by atoms with van der Waals surface area (Å²) < 4.78 is 5.54. The van der Waals surface area contributed by atoms with Gasteiger partial charge in [0.25, 0.3) is 0 Å². The number of nitrogens with one attached hydrogen (secondary N) is 1. The van der Waals surface area contributed by atoms with E-state index in [0.29, 0.717) is 0 Å². The predicted molar refractivity (Wildman–Crippen MR) is 69.8 cm³/mol. The molecule has 0 radical (unpaired) electrons. The Morgan fingerprint density at radius 1 is 1.29 bits per heavy atom. The fourth-order valence-electron chi connectivity index (χ4n) is 1.75. The van der Waals surface area contributed by atoms with Gasteiger partial charge in [-0.2, -0.15) is 0 Å². The molecule has 3 N–H and O–H groups in total. The molecule has 0 saturated heterocycles. The third-order valence-electron chi connectivity index (χ3n) is 3.07. The van der Waals surface area contributed by atoms with Gasteiger partial charge in [0.2, 0.25) is 0 Å². The summed E-state index contributed by atoms with van der Waals surface area (Å²) in [5.74, 6) is 0.849. The van der Waals surface area contributed by atoms with Crippen LogP contribution in [0.4, 0.5) is 0 Å². The van der Waals surface area contributed by atoms with Crippen LogP contribution in [-0.4, -0.2) is 26.3 Å². The van der Waals surface area contributed by atoms with Gasteiger partial charge in [-0.3, -0.25) is 0 Å². The molecular weight excluding hydrogens is 212 g/mol. The molecule has 94 valence electrons. The Balaban J connectivity index is 1.52. The van der Waals surface area contributed by atoms with Crippen molar-refractivity contribution in [2.75, 3.05) is 26.3 Å². The molecule has 1 aliphatic carbocycles. The van der Waals surface area contributed by atoms with E-state index in [2.05, 4.69) is 17.4 Å². The van der Waals surface area contributed by atoms with Gasteiger partial charge in [-0.25, -0.2) is 0 Å². The summed E-state index contributed by atoms with van der Waals surface area (Å²) in [4.78, 5) is 0. The van der Waals surface area contributed by atoms with Crippen molar-refractivity contribution in [2.24, 2.45) is 11.7 Å². The normalized spacial score (nSPS) is 17.0.